The highest BCUT2D eigenvalue weighted by Crippen LogP contribution is 2.15. The normalized spacial score (nSPS) is 12.3. The third-order valence-electron chi connectivity index (χ3n) is 3.58. The van der Waals surface area contributed by atoms with Crippen molar-refractivity contribution in [3.05, 3.63) is 65.2 Å². The van der Waals surface area contributed by atoms with E-state index >= 15 is 0 Å². The first-order valence-corrected chi connectivity index (χ1v) is 9.17. The lowest BCUT2D eigenvalue weighted by atomic mass is 10.1. The van der Waals surface area contributed by atoms with Gasteiger partial charge in [0, 0.05) is 0 Å². The Hall–Kier alpha value is -2.85. The van der Waals surface area contributed by atoms with Crippen molar-refractivity contribution in [2.75, 3.05) is 6.61 Å². The highest BCUT2D eigenvalue weighted by atomic mass is 32.2. The fraction of sp³-hybridized carbons (Fsp3) is 0.176. The maximum absolute atomic E-state index is 13.1. The number of primary sulfonamides is 1. The van der Waals surface area contributed by atoms with Gasteiger partial charge in [0.15, 0.2) is 18.2 Å². The molecule has 10 heteroatoms. The van der Waals surface area contributed by atoms with Gasteiger partial charge in [0.2, 0.25) is 10.0 Å². The number of carbonyl (C=O) groups is 2. The Balaban J connectivity index is 1.91. The van der Waals surface area contributed by atoms with E-state index in [0.29, 0.717) is 11.6 Å². The zero-order valence-corrected chi connectivity index (χ0v) is 14.9. The minimum absolute atomic E-state index is 0.0646. The molecule has 0 saturated carbocycles. The van der Waals surface area contributed by atoms with Crippen LogP contribution in [0.3, 0.4) is 0 Å². The third-order valence-corrected chi connectivity index (χ3v) is 4.51. The molecule has 1 atom stereocenters. The Kier molecular flexibility index (Phi) is 6.24. The van der Waals surface area contributed by atoms with Crippen LogP contribution in [0.4, 0.5) is 8.78 Å². The topological polar surface area (TPSA) is 116 Å². The second-order valence-electron chi connectivity index (χ2n) is 5.61. The van der Waals surface area contributed by atoms with Gasteiger partial charge in [0.25, 0.3) is 5.91 Å². The first kappa shape index (κ1) is 20.5. The summed E-state index contributed by atoms with van der Waals surface area (Å²) in [5.41, 5.74) is 0.371. The summed E-state index contributed by atoms with van der Waals surface area (Å²) >= 11 is 0. The number of halogens is 2. The van der Waals surface area contributed by atoms with Crippen molar-refractivity contribution in [3.8, 4) is 0 Å². The summed E-state index contributed by atoms with van der Waals surface area (Å²) in [4.78, 5) is 23.5. The number of ether oxygens (including phenoxy) is 1. The smallest absolute Gasteiger partial charge is 0.338 e. The lowest BCUT2D eigenvalue weighted by molar-refractivity contribution is -0.124. The number of nitrogens with two attached hydrogens (primary N) is 1. The lowest BCUT2D eigenvalue weighted by Crippen LogP contribution is -2.31. The van der Waals surface area contributed by atoms with Crippen LogP contribution in [-0.4, -0.2) is 26.9 Å². The Morgan fingerprint density at radius 2 is 1.74 bits per heavy atom. The minimum atomic E-state index is -3.81. The SMILES string of the molecule is C[C@H](NC(=O)COC(=O)c1ccc(F)c(F)c1)c1ccc(S(N)(=O)=O)cc1. The molecule has 2 rings (SSSR count). The molecule has 1 amide bonds. The van der Waals surface area contributed by atoms with E-state index in [1.165, 1.54) is 24.3 Å². The first-order chi connectivity index (χ1) is 12.6. The quantitative estimate of drug-likeness (QED) is 0.718. The molecule has 2 aromatic rings. The van der Waals surface area contributed by atoms with Crippen molar-refractivity contribution in [2.45, 2.75) is 17.9 Å². The van der Waals surface area contributed by atoms with Gasteiger partial charge >= 0.3 is 5.97 Å². The molecule has 0 unspecified atom stereocenters. The number of sulfonamides is 1. The molecule has 0 heterocycles. The molecule has 144 valence electrons. The van der Waals surface area contributed by atoms with E-state index in [2.05, 4.69) is 5.32 Å². The second kappa shape index (κ2) is 8.23. The van der Waals surface area contributed by atoms with Crippen LogP contribution >= 0.6 is 0 Å². The molecule has 0 fully saturated rings. The summed E-state index contributed by atoms with van der Waals surface area (Å²) in [5, 5.41) is 7.56. The van der Waals surface area contributed by atoms with Crippen LogP contribution in [0.2, 0.25) is 0 Å². The molecule has 0 aromatic heterocycles. The van der Waals surface area contributed by atoms with Crippen LogP contribution in [0, 0.1) is 11.6 Å². The molecule has 0 aliphatic carbocycles. The predicted octanol–water partition coefficient (Wildman–Crippen LogP) is 1.65. The van der Waals surface area contributed by atoms with Crippen LogP contribution in [0.5, 0.6) is 0 Å². The van der Waals surface area contributed by atoms with E-state index in [1.807, 2.05) is 0 Å². The number of carbonyl (C=O) groups excluding carboxylic acids is 2. The summed E-state index contributed by atoms with van der Waals surface area (Å²) in [6.07, 6.45) is 0. The molecule has 0 bridgehead atoms. The number of hydrogen-bond donors (Lipinski definition) is 2. The van der Waals surface area contributed by atoms with Gasteiger partial charge in [-0.05, 0) is 42.8 Å². The van der Waals surface area contributed by atoms with Gasteiger partial charge < -0.3 is 10.1 Å². The monoisotopic (exact) mass is 398 g/mol. The fourth-order valence-corrected chi connectivity index (χ4v) is 2.67. The van der Waals surface area contributed by atoms with Gasteiger partial charge in [-0.2, -0.15) is 0 Å². The molecule has 7 nitrogen and oxygen atoms in total. The van der Waals surface area contributed by atoms with E-state index in [4.69, 9.17) is 9.88 Å². The van der Waals surface area contributed by atoms with Crippen LogP contribution in [0.15, 0.2) is 47.4 Å². The van der Waals surface area contributed by atoms with Gasteiger partial charge in [0.1, 0.15) is 0 Å². The van der Waals surface area contributed by atoms with Gasteiger partial charge in [0.05, 0.1) is 16.5 Å². The zero-order valence-electron chi connectivity index (χ0n) is 14.1. The summed E-state index contributed by atoms with van der Waals surface area (Å²) in [7, 11) is -3.81. The number of benzene rings is 2. The van der Waals surface area contributed by atoms with Gasteiger partial charge in [-0.15, -0.1) is 0 Å². The predicted molar refractivity (Wildman–Crippen MR) is 91.0 cm³/mol. The number of esters is 1. The molecule has 0 radical (unpaired) electrons. The fourth-order valence-electron chi connectivity index (χ4n) is 2.15. The molecule has 2 aromatic carbocycles. The Morgan fingerprint density at radius 1 is 1.11 bits per heavy atom. The number of amides is 1. The van der Waals surface area contributed by atoms with Crippen molar-refractivity contribution >= 4 is 21.9 Å². The van der Waals surface area contributed by atoms with Crippen molar-refractivity contribution in [2.24, 2.45) is 5.14 Å². The zero-order chi connectivity index (χ0) is 20.2. The molecule has 0 aliphatic heterocycles. The molecular formula is C17H16F2N2O5S. The highest BCUT2D eigenvalue weighted by molar-refractivity contribution is 7.89. The summed E-state index contributed by atoms with van der Waals surface area (Å²) in [6.45, 7) is 1.01. The Labute approximate surface area is 154 Å². The van der Waals surface area contributed by atoms with E-state index < -0.39 is 46.2 Å². The number of rotatable bonds is 6. The molecule has 0 spiro atoms. The Bertz CT molecular complexity index is 962. The van der Waals surface area contributed by atoms with E-state index in [0.717, 1.165) is 12.1 Å². The highest BCUT2D eigenvalue weighted by Gasteiger charge is 2.15. The molecule has 3 N–H and O–H groups in total. The molecule has 0 saturated heterocycles. The van der Waals surface area contributed by atoms with E-state index in [1.54, 1.807) is 6.92 Å². The second-order valence-corrected chi connectivity index (χ2v) is 7.17. The maximum atomic E-state index is 13.1. The van der Waals surface area contributed by atoms with Crippen LogP contribution < -0.4 is 10.5 Å². The van der Waals surface area contributed by atoms with Crippen molar-refractivity contribution < 1.29 is 31.5 Å². The van der Waals surface area contributed by atoms with Crippen LogP contribution in [0.25, 0.3) is 0 Å². The average Bonchev–Trinajstić information content (AvgIpc) is 2.61. The molecule has 27 heavy (non-hydrogen) atoms. The third kappa shape index (κ3) is 5.56. The Morgan fingerprint density at radius 3 is 2.30 bits per heavy atom. The summed E-state index contributed by atoms with van der Waals surface area (Å²) in [5.74, 6) is -3.92. The largest absolute Gasteiger partial charge is 0.452 e. The average molecular weight is 398 g/mol. The van der Waals surface area contributed by atoms with Gasteiger partial charge in [-0.25, -0.2) is 27.1 Å². The summed E-state index contributed by atoms with van der Waals surface area (Å²) < 4.78 is 53.1. The lowest BCUT2D eigenvalue weighted by Gasteiger charge is -2.15. The standard InChI is InChI=1S/C17H16F2N2O5S/c1-10(11-2-5-13(6-3-11)27(20,24)25)21-16(22)9-26-17(23)12-4-7-14(18)15(19)8-12/h2-8,10H,9H2,1H3,(H,21,22)(H2,20,24,25)/t10-/m0/s1. The maximum Gasteiger partial charge on any atom is 0.338 e. The number of hydrogen-bond acceptors (Lipinski definition) is 5. The van der Waals surface area contributed by atoms with Crippen molar-refractivity contribution in [1.82, 2.24) is 5.32 Å². The minimum Gasteiger partial charge on any atom is -0.452 e. The van der Waals surface area contributed by atoms with Crippen molar-refractivity contribution in [3.63, 3.8) is 0 Å². The van der Waals surface area contributed by atoms with E-state index in [-0.39, 0.29) is 10.5 Å². The van der Waals surface area contributed by atoms with E-state index in [9.17, 15) is 26.8 Å². The van der Waals surface area contributed by atoms with Crippen molar-refractivity contribution in [1.29, 1.82) is 0 Å². The van der Waals surface area contributed by atoms with Gasteiger partial charge in [-0.3, -0.25) is 4.79 Å². The van der Waals surface area contributed by atoms with Crippen LogP contribution in [-0.2, 0) is 19.6 Å². The van der Waals surface area contributed by atoms with Crippen LogP contribution in [0.1, 0.15) is 28.9 Å². The summed E-state index contributed by atoms with van der Waals surface area (Å²) in [6, 6.07) is 7.55. The molecule has 0 aliphatic rings. The molecular weight excluding hydrogens is 382 g/mol. The first-order valence-electron chi connectivity index (χ1n) is 7.62. The number of nitrogens with one attached hydrogen (secondary N) is 1. The van der Waals surface area contributed by atoms with Gasteiger partial charge in [-0.1, -0.05) is 12.1 Å².